The molecule has 3 N–H and O–H groups in total. The van der Waals surface area contributed by atoms with Gasteiger partial charge in [0.05, 0.1) is 4.90 Å². The number of hydrogen-bond donors (Lipinski definition) is 2. The van der Waals surface area contributed by atoms with Gasteiger partial charge in [0.25, 0.3) is 0 Å². The minimum atomic E-state index is -2.54. The van der Waals surface area contributed by atoms with E-state index in [0.717, 1.165) is 0 Å². The maximum Gasteiger partial charge on any atom is 0.137 e. The van der Waals surface area contributed by atoms with E-state index in [1.165, 1.54) is 0 Å². The molecule has 4 nitrogen and oxygen atoms in total. The van der Waals surface area contributed by atoms with Gasteiger partial charge < -0.3 is 5.73 Å². The molecule has 0 spiro atoms. The van der Waals surface area contributed by atoms with E-state index in [2.05, 4.69) is 9.08 Å². The van der Waals surface area contributed by atoms with E-state index in [-0.39, 0.29) is 6.04 Å². The van der Waals surface area contributed by atoms with Crippen molar-refractivity contribution < 1.29 is 4.21 Å². The molecule has 0 saturated heterocycles. The number of nitrogens with one attached hydrogen (secondary N) is 1. The first-order valence-electron chi connectivity index (χ1n) is 5.33. The van der Waals surface area contributed by atoms with E-state index >= 15 is 0 Å². The van der Waals surface area contributed by atoms with Gasteiger partial charge in [-0.1, -0.05) is 6.07 Å². The van der Waals surface area contributed by atoms with Crippen LogP contribution in [0.15, 0.2) is 33.5 Å². The first-order chi connectivity index (χ1) is 7.48. The van der Waals surface area contributed by atoms with Crippen molar-refractivity contribution in [1.82, 2.24) is 4.72 Å². The SMILES string of the molecule is CCN=S(=O)(NC(C)C)c1cccc(N)c1. The van der Waals surface area contributed by atoms with Crippen LogP contribution in [0.3, 0.4) is 0 Å². The molecule has 0 aromatic heterocycles. The standard InChI is InChI=1S/C11H19N3OS/c1-4-13-16(15,14-9(2)3)11-7-5-6-10(12)8-11/h5-9H,4,12H2,1-3H3,(H,13,14,15). The van der Waals surface area contributed by atoms with Crippen LogP contribution >= 0.6 is 0 Å². The van der Waals surface area contributed by atoms with Gasteiger partial charge in [-0.05, 0) is 39.0 Å². The van der Waals surface area contributed by atoms with Gasteiger partial charge in [0.2, 0.25) is 0 Å². The van der Waals surface area contributed by atoms with Crippen molar-refractivity contribution in [3.05, 3.63) is 24.3 Å². The molecule has 0 fully saturated rings. The summed E-state index contributed by atoms with van der Waals surface area (Å²) >= 11 is 0. The van der Waals surface area contributed by atoms with E-state index in [9.17, 15) is 4.21 Å². The highest BCUT2D eigenvalue weighted by atomic mass is 32.2. The lowest BCUT2D eigenvalue weighted by atomic mass is 10.3. The Balaban J connectivity index is 3.23. The van der Waals surface area contributed by atoms with E-state index < -0.39 is 9.92 Å². The van der Waals surface area contributed by atoms with Crippen molar-refractivity contribution in [3.63, 3.8) is 0 Å². The van der Waals surface area contributed by atoms with Gasteiger partial charge in [-0.3, -0.25) is 0 Å². The number of rotatable bonds is 4. The second-order valence-electron chi connectivity index (χ2n) is 3.82. The van der Waals surface area contributed by atoms with Crippen LogP contribution in [-0.2, 0) is 9.92 Å². The number of nitrogens with zero attached hydrogens (tertiary/aromatic N) is 1. The highest BCUT2D eigenvalue weighted by Crippen LogP contribution is 2.15. The summed E-state index contributed by atoms with van der Waals surface area (Å²) in [6, 6.07) is 7.15. The number of benzene rings is 1. The minimum Gasteiger partial charge on any atom is -0.399 e. The van der Waals surface area contributed by atoms with Crippen molar-refractivity contribution in [2.75, 3.05) is 12.3 Å². The van der Waals surface area contributed by atoms with Crippen LogP contribution in [0.2, 0.25) is 0 Å². The fourth-order valence-electron chi connectivity index (χ4n) is 1.37. The highest BCUT2D eigenvalue weighted by Gasteiger charge is 2.13. The number of anilines is 1. The quantitative estimate of drug-likeness (QED) is 0.792. The third-order valence-electron chi connectivity index (χ3n) is 1.88. The fourth-order valence-corrected chi connectivity index (χ4v) is 3.29. The normalized spacial score (nSPS) is 14.8. The van der Waals surface area contributed by atoms with Crippen LogP contribution < -0.4 is 10.5 Å². The van der Waals surface area contributed by atoms with Crippen molar-refractivity contribution in [2.24, 2.45) is 4.36 Å². The maximum absolute atomic E-state index is 12.6. The molecule has 1 rings (SSSR count). The predicted molar refractivity (Wildman–Crippen MR) is 68.5 cm³/mol. The van der Waals surface area contributed by atoms with Crippen LogP contribution in [0.1, 0.15) is 20.8 Å². The first kappa shape index (κ1) is 13.0. The minimum absolute atomic E-state index is 0.101. The fraction of sp³-hybridized carbons (Fsp3) is 0.455. The Bertz CT molecular complexity index is 462. The molecule has 0 heterocycles. The van der Waals surface area contributed by atoms with Crippen LogP contribution in [0.25, 0.3) is 0 Å². The molecule has 1 atom stereocenters. The topological polar surface area (TPSA) is 67.5 Å². The Labute approximate surface area is 97.6 Å². The van der Waals surface area contributed by atoms with E-state index in [1.54, 1.807) is 24.3 Å². The second kappa shape index (κ2) is 5.32. The van der Waals surface area contributed by atoms with Crippen LogP contribution in [0.4, 0.5) is 5.69 Å². The van der Waals surface area contributed by atoms with Gasteiger partial charge in [-0.15, -0.1) is 0 Å². The summed E-state index contributed by atoms with van der Waals surface area (Å²) in [6.07, 6.45) is 0. The van der Waals surface area contributed by atoms with Gasteiger partial charge in [0, 0.05) is 18.3 Å². The van der Waals surface area contributed by atoms with Crippen molar-refractivity contribution in [1.29, 1.82) is 0 Å². The number of nitrogens with two attached hydrogens (primary N) is 1. The third-order valence-corrected chi connectivity index (χ3v) is 4.19. The lowest BCUT2D eigenvalue weighted by Crippen LogP contribution is -2.30. The lowest BCUT2D eigenvalue weighted by molar-refractivity contribution is 0.645. The zero-order valence-corrected chi connectivity index (χ0v) is 10.8. The molecule has 90 valence electrons. The molecule has 1 unspecified atom stereocenters. The zero-order valence-electron chi connectivity index (χ0n) is 9.93. The van der Waals surface area contributed by atoms with Gasteiger partial charge in [0.1, 0.15) is 9.92 Å². The Morgan fingerprint density at radius 2 is 2.19 bits per heavy atom. The first-order valence-corrected chi connectivity index (χ1v) is 6.85. The molecule has 5 heteroatoms. The van der Waals surface area contributed by atoms with Crippen LogP contribution in [-0.4, -0.2) is 16.8 Å². The summed E-state index contributed by atoms with van der Waals surface area (Å²) in [7, 11) is -2.54. The summed E-state index contributed by atoms with van der Waals surface area (Å²) in [4.78, 5) is 0.642. The van der Waals surface area contributed by atoms with Crippen molar-refractivity contribution in [2.45, 2.75) is 31.7 Å². The van der Waals surface area contributed by atoms with E-state index in [1.807, 2.05) is 20.8 Å². The van der Waals surface area contributed by atoms with Crippen molar-refractivity contribution in [3.8, 4) is 0 Å². The summed E-state index contributed by atoms with van der Waals surface area (Å²) in [5.41, 5.74) is 6.29. The Morgan fingerprint density at radius 1 is 1.50 bits per heavy atom. The molecule has 0 amide bonds. The molecule has 0 aliphatic rings. The Morgan fingerprint density at radius 3 is 2.69 bits per heavy atom. The summed E-state index contributed by atoms with van der Waals surface area (Å²) < 4.78 is 19.8. The molecular weight excluding hydrogens is 222 g/mol. The van der Waals surface area contributed by atoms with Gasteiger partial charge >= 0.3 is 0 Å². The van der Waals surface area contributed by atoms with Crippen molar-refractivity contribution >= 4 is 15.6 Å². The van der Waals surface area contributed by atoms with E-state index in [4.69, 9.17) is 5.73 Å². The molecule has 1 aromatic carbocycles. The van der Waals surface area contributed by atoms with Gasteiger partial charge in [0.15, 0.2) is 0 Å². The Hall–Kier alpha value is -1.07. The smallest absolute Gasteiger partial charge is 0.137 e. The molecule has 0 radical (unpaired) electrons. The molecule has 0 aliphatic heterocycles. The molecule has 0 aliphatic carbocycles. The van der Waals surface area contributed by atoms with Gasteiger partial charge in [-0.25, -0.2) is 13.3 Å². The number of hydrogen-bond acceptors (Lipinski definition) is 3. The second-order valence-corrected chi connectivity index (χ2v) is 5.83. The largest absolute Gasteiger partial charge is 0.399 e. The molecular formula is C11H19N3OS. The predicted octanol–water partition coefficient (Wildman–Crippen LogP) is 2.03. The monoisotopic (exact) mass is 241 g/mol. The lowest BCUT2D eigenvalue weighted by Gasteiger charge is -2.15. The molecule has 16 heavy (non-hydrogen) atoms. The highest BCUT2D eigenvalue weighted by molar-refractivity contribution is 7.91. The van der Waals surface area contributed by atoms with E-state index in [0.29, 0.717) is 17.1 Å². The Kier molecular flexibility index (Phi) is 4.32. The average molecular weight is 241 g/mol. The maximum atomic E-state index is 12.6. The molecule has 1 aromatic rings. The van der Waals surface area contributed by atoms with Crippen LogP contribution in [0, 0.1) is 0 Å². The summed E-state index contributed by atoms with van der Waals surface area (Å²) in [5, 5.41) is 0. The third kappa shape index (κ3) is 3.21. The summed E-state index contributed by atoms with van der Waals surface area (Å²) in [6.45, 7) is 6.26. The van der Waals surface area contributed by atoms with Gasteiger partial charge in [-0.2, -0.15) is 0 Å². The summed E-state index contributed by atoms with van der Waals surface area (Å²) in [5.74, 6) is 0. The zero-order chi connectivity index (χ0) is 12.2. The number of nitrogen functional groups attached to an aromatic ring is 1. The molecule has 0 saturated carbocycles. The van der Waals surface area contributed by atoms with Crippen LogP contribution in [0.5, 0.6) is 0 Å². The average Bonchev–Trinajstić information content (AvgIpc) is 2.16. The molecule has 0 bridgehead atoms.